The minimum absolute atomic E-state index is 0.809. The number of benzene rings is 1. The highest BCUT2D eigenvalue weighted by molar-refractivity contribution is 5.32. The largest absolute Gasteiger partial charge is 0.255 e. The Morgan fingerprint density at radius 1 is 0.750 bits per heavy atom. The van der Waals surface area contributed by atoms with E-state index in [2.05, 4.69) is 80.0 Å². The topological polar surface area (TPSA) is 16.8 Å². The monoisotopic (exact) mass is 317 g/mol. The molecule has 0 bridgehead atoms. The SMILES string of the molecule is Cc1cc(C)cc(Cc2cc(C)c[n+](Cc3cc(C)ccn3)c2)c1. The van der Waals surface area contributed by atoms with E-state index >= 15 is 0 Å². The van der Waals surface area contributed by atoms with Crippen LogP contribution in [0.15, 0.2) is 55.0 Å². The Kier molecular flexibility index (Phi) is 4.75. The molecule has 2 aromatic heterocycles. The number of hydrogen-bond donors (Lipinski definition) is 0. The summed E-state index contributed by atoms with van der Waals surface area (Å²) in [5.74, 6) is 0. The molecule has 0 aliphatic rings. The van der Waals surface area contributed by atoms with Crippen LogP contribution in [0, 0.1) is 27.7 Å². The standard InChI is InChI=1S/C22H25N2/c1-16-5-6-23-22(11-16)15-24-13-19(4)10-21(14-24)12-20-8-17(2)7-18(3)9-20/h5-11,13-14H,12,15H2,1-4H3/q+1. The summed E-state index contributed by atoms with van der Waals surface area (Å²) < 4.78 is 2.25. The molecule has 0 atom stereocenters. The molecule has 0 spiro atoms. The number of rotatable bonds is 4. The van der Waals surface area contributed by atoms with Gasteiger partial charge in [0.2, 0.25) is 0 Å². The molecule has 0 saturated carbocycles. The van der Waals surface area contributed by atoms with Crippen molar-refractivity contribution in [3.63, 3.8) is 0 Å². The minimum atomic E-state index is 0.809. The fourth-order valence-corrected chi connectivity index (χ4v) is 3.35. The summed E-state index contributed by atoms with van der Waals surface area (Å²) in [6, 6.07) is 13.2. The van der Waals surface area contributed by atoms with Crippen molar-refractivity contribution < 1.29 is 4.57 Å². The molecule has 0 aliphatic heterocycles. The van der Waals surface area contributed by atoms with Crippen molar-refractivity contribution in [2.45, 2.75) is 40.7 Å². The molecule has 2 nitrogen and oxygen atoms in total. The lowest BCUT2D eigenvalue weighted by molar-refractivity contribution is -0.689. The molecule has 24 heavy (non-hydrogen) atoms. The Bertz CT molecular complexity index is 845. The van der Waals surface area contributed by atoms with Gasteiger partial charge in [-0.3, -0.25) is 4.98 Å². The zero-order valence-corrected chi connectivity index (χ0v) is 15.0. The lowest BCUT2D eigenvalue weighted by atomic mass is 10.0. The van der Waals surface area contributed by atoms with Crippen molar-refractivity contribution in [3.8, 4) is 0 Å². The van der Waals surface area contributed by atoms with E-state index in [1.807, 2.05) is 12.3 Å². The van der Waals surface area contributed by atoms with Crippen molar-refractivity contribution in [2.75, 3.05) is 0 Å². The van der Waals surface area contributed by atoms with Crippen LogP contribution >= 0.6 is 0 Å². The smallest absolute Gasteiger partial charge is 0.190 e. The zero-order valence-electron chi connectivity index (χ0n) is 15.0. The maximum atomic E-state index is 4.48. The van der Waals surface area contributed by atoms with E-state index in [0.717, 1.165) is 18.7 Å². The first-order valence-corrected chi connectivity index (χ1v) is 8.46. The molecule has 1 aromatic carbocycles. The molecule has 2 heteroatoms. The predicted octanol–water partition coefficient (Wildman–Crippen LogP) is 4.24. The van der Waals surface area contributed by atoms with Gasteiger partial charge in [0.05, 0.1) is 0 Å². The summed E-state index contributed by atoms with van der Waals surface area (Å²) >= 11 is 0. The summed E-state index contributed by atoms with van der Waals surface area (Å²) in [7, 11) is 0. The molecule has 0 radical (unpaired) electrons. The average molecular weight is 317 g/mol. The second-order valence-corrected chi connectivity index (χ2v) is 6.89. The van der Waals surface area contributed by atoms with Crippen molar-refractivity contribution in [1.82, 2.24) is 4.98 Å². The van der Waals surface area contributed by atoms with E-state index in [0.29, 0.717) is 0 Å². The molecule has 0 fully saturated rings. The van der Waals surface area contributed by atoms with Gasteiger partial charge >= 0.3 is 0 Å². The molecule has 3 rings (SSSR count). The van der Waals surface area contributed by atoms with Crippen molar-refractivity contribution in [3.05, 3.63) is 94.1 Å². The second kappa shape index (κ2) is 6.96. The first kappa shape index (κ1) is 16.4. The first-order chi connectivity index (χ1) is 11.5. The highest BCUT2D eigenvalue weighted by atomic mass is 14.9. The Hall–Kier alpha value is -2.48. The van der Waals surface area contributed by atoms with Crippen LogP contribution in [0.3, 0.4) is 0 Å². The van der Waals surface area contributed by atoms with Crippen molar-refractivity contribution >= 4 is 0 Å². The molecule has 3 aromatic rings. The van der Waals surface area contributed by atoms with E-state index in [4.69, 9.17) is 0 Å². The normalized spacial score (nSPS) is 10.8. The lowest BCUT2D eigenvalue weighted by Gasteiger charge is -2.06. The third-order valence-electron chi connectivity index (χ3n) is 4.12. The van der Waals surface area contributed by atoms with E-state index < -0.39 is 0 Å². The van der Waals surface area contributed by atoms with E-state index in [9.17, 15) is 0 Å². The van der Waals surface area contributed by atoms with Gasteiger partial charge in [-0.1, -0.05) is 29.3 Å². The number of aryl methyl sites for hydroxylation is 4. The molecule has 2 heterocycles. The number of aromatic nitrogens is 2. The average Bonchev–Trinajstić information content (AvgIpc) is 2.45. The van der Waals surface area contributed by atoms with Gasteiger partial charge < -0.3 is 0 Å². The van der Waals surface area contributed by atoms with Crippen LogP contribution in [-0.4, -0.2) is 4.98 Å². The van der Waals surface area contributed by atoms with Gasteiger partial charge in [-0.25, -0.2) is 0 Å². The lowest BCUT2D eigenvalue weighted by Crippen LogP contribution is -2.35. The van der Waals surface area contributed by atoms with Gasteiger partial charge in [0, 0.05) is 23.7 Å². The van der Waals surface area contributed by atoms with Gasteiger partial charge in [0.1, 0.15) is 5.69 Å². The maximum absolute atomic E-state index is 4.48. The fourth-order valence-electron chi connectivity index (χ4n) is 3.35. The van der Waals surface area contributed by atoms with Crippen molar-refractivity contribution in [1.29, 1.82) is 0 Å². The quantitative estimate of drug-likeness (QED) is 0.658. The molecular weight excluding hydrogens is 292 g/mol. The van der Waals surface area contributed by atoms with Crippen LogP contribution in [0.5, 0.6) is 0 Å². The predicted molar refractivity (Wildman–Crippen MR) is 98.2 cm³/mol. The molecule has 122 valence electrons. The molecule has 0 unspecified atom stereocenters. The van der Waals surface area contributed by atoms with Crippen LogP contribution in [0.25, 0.3) is 0 Å². The van der Waals surface area contributed by atoms with E-state index in [-0.39, 0.29) is 0 Å². The van der Waals surface area contributed by atoms with Gasteiger partial charge in [0.25, 0.3) is 0 Å². The Morgan fingerprint density at radius 3 is 2.17 bits per heavy atom. The Morgan fingerprint density at radius 2 is 1.46 bits per heavy atom. The third-order valence-corrected chi connectivity index (χ3v) is 4.12. The molecule has 0 saturated heterocycles. The number of hydrogen-bond acceptors (Lipinski definition) is 1. The van der Waals surface area contributed by atoms with Crippen LogP contribution in [-0.2, 0) is 13.0 Å². The zero-order chi connectivity index (χ0) is 17.1. The summed E-state index contributed by atoms with van der Waals surface area (Å²) in [6.07, 6.45) is 7.28. The fraction of sp³-hybridized carbons (Fsp3) is 0.273. The summed E-state index contributed by atoms with van der Waals surface area (Å²) in [4.78, 5) is 4.48. The molecular formula is C22H25N2+. The van der Waals surface area contributed by atoms with Crippen LogP contribution < -0.4 is 4.57 Å². The highest BCUT2D eigenvalue weighted by Gasteiger charge is 2.09. The summed E-state index contributed by atoms with van der Waals surface area (Å²) in [6.45, 7) is 9.40. The number of pyridine rings is 2. The van der Waals surface area contributed by atoms with Crippen LogP contribution in [0.2, 0.25) is 0 Å². The highest BCUT2D eigenvalue weighted by Crippen LogP contribution is 2.14. The molecule has 0 amide bonds. The Balaban J connectivity index is 1.85. The molecule has 0 N–H and O–H groups in total. The minimum Gasteiger partial charge on any atom is -0.255 e. The Labute approximate surface area is 144 Å². The number of nitrogens with zero attached hydrogens (tertiary/aromatic N) is 2. The molecule has 0 aliphatic carbocycles. The van der Waals surface area contributed by atoms with Crippen LogP contribution in [0.4, 0.5) is 0 Å². The van der Waals surface area contributed by atoms with E-state index in [1.165, 1.54) is 33.4 Å². The summed E-state index contributed by atoms with van der Waals surface area (Å²) in [5.41, 5.74) is 9.01. The first-order valence-electron chi connectivity index (χ1n) is 8.46. The third kappa shape index (κ3) is 4.29. The van der Waals surface area contributed by atoms with Gasteiger partial charge in [-0.15, -0.1) is 0 Å². The van der Waals surface area contributed by atoms with Crippen LogP contribution in [0.1, 0.15) is 39.1 Å². The van der Waals surface area contributed by atoms with Crippen molar-refractivity contribution in [2.24, 2.45) is 0 Å². The maximum Gasteiger partial charge on any atom is 0.190 e. The summed E-state index contributed by atoms with van der Waals surface area (Å²) in [5, 5.41) is 0. The van der Waals surface area contributed by atoms with E-state index in [1.54, 1.807) is 0 Å². The van der Waals surface area contributed by atoms with Gasteiger partial charge in [-0.2, -0.15) is 4.57 Å². The second-order valence-electron chi connectivity index (χ2n) is 6.89. The van der Waals surface area contributed by atoms with Gasteiger partial charge in [0.15, 0.2) is 18.9 Å². The van der Waals surface area contributed by atoms with Gasteiger partial charge in [-0.05, 0) is 57.0 Å².